The highest BCUT2D eigenvalue weighted by Gasteiger charge is 2.32. The van der Waals surface area contributed by atoms with Gasteiger partial charge in [0.1, 0.15) is 5.54 Å². The van der Waals surface area contributed by atoms with E-state index in [-0.39, 0.29) is 0 Å². The summed E-state index contributed by atoms with van der Waals surface area (Å²) in [4.78, 5) is 11.4. The van der Waals surface area contributed by atoms with Gasteiger partial charge in [0.25, 0.3) is 0 Å². The van der Waals surface area contributed by atoms with Crippen molar-refractivity contribution >= 4 is 5.97 Å². The van der Waals surface area contributed by atoms with E-state index in [1.807, 2.05) is 0 Å². The third-order valence-corrected chi connectivity index (χ3v) is 4.48. The molecular formula is C18H38N2O2. The molecule has 0 aromatic carbocycles. The molecule has 1 atom stereocenters. The molecule has 0 heterocycles. The number of rotatable bonds is 16. The molecule has 4 nitrogen and oxygen atoms in total. The number of aliphatic carboxylic acids is 1. The van der Waals surface area contributed by atoms with Crippen LogP contribution >= 0.6 is 0 Å². The quantitative estimate of drug-likeness (QED) is 0.372. The van der Waals surface area contributed by atoms with Crippen LogP contribution in [0.5, 0.6) is 0 Å². The molecule has 0 saturated heterocycles. The van der Waals surface area contributed by atoms with Crippen molar-refractivity contribution in [3.63, 3.8) is 0 Å². The average molecular weight is 315 g/mol. The summed E-state index contributed by atoms with van der Waals surface area (Å²) in [6.45, 7) is 2.85. The lowest BCUT2D eigenvalue weighted by molar-refractivity contribution is -0.144. The van der Waals surface area contributed by atoms with Gasteiger partial charge in [-0.2, -0.15) is 0 Å². The predicted octanol–water partition coefficient (Wildman–Crippen LogP) is 4.21. The highest BCUT2D eigenvalue weighted by molar-refractivity contribution is 5.78. The van der Waals surface area contributed by atoms with Crippen LogP contribution in [0, 0.1) is 0 Å². The van der Waals surface area contributed by atoms with Gasteiger partial charge in [0, 0.05) is 0 Å². The van der Waals surface area contributed by atoms with E-state index in [2.05, 4.69) is 6.92 Å². The van der Waals surface area contributed by atoms with E-state index in [1.54, 1.807) is 0 Å². The Balaban J connectivity index is 3.62. The van der Waals surface area contributed by atoms with Crippen molar-refractivity contribution in [3.8, 4) is 0 Å². The van der Waals surface area contributed by atoms with Gasteiger partial charge in [-0.25, -0.2) is 0 Å². The number of nitrogens with two attached hydrogens (primary N) is 2. The molecule has 0 amide bonds. The third kappa shape index (κ3) is 11.0. The largest absolute Gasteiger partial charge is 0.480 e. The van der Waals surface area contributed by atoms with Gasteiger partial charge >= 0.3 is 5.97 Å². The SMILES string of the molecule is CCCCCCCCCCCC[C@](N)(CCCCN)C(=O)O. The van der Waals surface area contributed by atoms with Crippen molar-refractivity contribution in [3.05, 3.63) is 0 Å². The van der Waals surface area contributed by atoms with Crippen LogP contribution in [-0.4, -0.2) is 23.2 Å². The maximum atomic E-state index is 11.4. The normalized spacial score (nSPS) is 14.0. The lowest BCUT2D eigenvalue weighted by atomic mass is 9.87. The maximum absolute atomic E-state index is 11.4. The van der Waals surface area contributed by atoms with Crippen LogP contribution in [-0.2, 0) is 4.79 Å². The Morgan fingerprint density at radius 3 is 1.64 bits per heavy atom. The summed E-state index contributed by atoms with van der Waals surface area (Å²) in [6, 6.07) is 0. The molecule has 4 heteroatoms. The average Bonchev–Trinajstić information content (AvgIpc) is 2.49. The molecule has 0 aromatic rings. The smallest absolute Gasteiger partial charge is 0.323 e. The summed E-state index contributed by atoms with van der Waals surface area (Å²) >= 11 is 0. The first-order valence-corrected chi connectivity index (χ1v) is 9.29. The second kappa shape index (κ2) is 14.0. The second-order valence-electron chi connectivity index (χ2n) is 6.64. The maximum Gasteiger partial charge on any atom is 0.323 e. The molecule has 22 heavy (non-hydrogen) atoms. The van der Waals surface area contributed by atoms with Crippen molar-refractivity contribution in [1.29, 1.82) is 0 Å². The summed E-state index contributed by atoms with van der Waals surface area (Å²) in [6.07, 6.45) is 15.3. The van der Waals surface area contributed by atoms with E-state index in [0.29, 0.717) is 19.4 Å². The lowest BCUT2D eigenvalue weighted by Crippen LogP contribution is -2.47. The molecule has 0 rings (SSSR count). The molecular weight excluding hydrogens is 276 g/mol. The van der Waals surface area contributed by atoms with Gasteiger partial charge < -0.3 is 16.6 Å². The Morgan fingerprint density at radius 2 is 1.23 bits per heavy atom. The van der Waals surface area contributed by atoms with E-state index in [9.17, 15) is 9.90 Å². The highest BCUT2D eigenvalue weighted by atomic mass is 16.4. The number of hydrogen-bond acceptors (Lipinski definition) is 3. The number of unbranched alkanes of at least 4 members (excludes halogenated alkanes) is 10. The number of carboxylic acid groups (broad SMARTS) is 1. The van der Waals surface area contributed by atoms with Gasteiger partial charge in [-0.05, 0) is 32.2 Å². The van der Waals surface area contributed by atoms with Crippen LogP contribution < -0.4 is 11.5 Å². The first-order chi connectivity index (χ1) is 10.6. The standard InChI is InChI=1S/C18H38N2O2/c1-2-3-4-5-6-7-8-9-10-11-14-18(20,17(21)22)15-12-13-16-19/h2-16,19-20H2,1H3,(H,21,22)/t18-/m0/s1. The topological polar surface area (TPSA) is 89.3 Å². The molecule has 0 fully saturated rings. The molecule has 0 aliphatic carbocycles. The molecule has 132 valence electrons. The van der Waals surface area contributed by atoms with Crippen LogP contribution in [0.15, 0.2) is 0 Å². The van der Waals surface area contributed by atoms with Crippen LogP contribution in [0.1, 0.15) is 96.8 Å². The van der Waals surface area contributed by atoms with E-state index in [1.165, 1.54) is 51.4 Å². The molecule has 0 aliphatic heterocycles. The zero-order valence-electron chi connectivity index (χ0n) is 14.6. The monoisotopic (exact) mass is 314 g/mol. The zero-order chi connectivity index (χ0) is 16.7. The molecule has 0 spiro atoms. The van der Waals surface area contributed by atoms with Crippen molar-refractivity contribution in [2.45, 2.75) is 102 Å². The molecule has 0 unspecified atom stereocenters. The van der Waals surface area contributed by atoms with Crippen LogP contribution in [0.25, 0.3) is 0 Å². The summed E-state index contributed by atoms with van der Waals surface area (Å²) in [5.41, 5.74) is 10.5. The van der Waals surface area contributed by atoms with Crippen LogP contribution in [0.2, 0.25) is 0 Å². The summed E-state index contributed by atoms with van der Waals surface area (Å²) in [7, 11) is 0. The summed E-state index contributed by atoms with van der Waals surface area (Å²) in [5.74, 6) is -0.861. The summed E-state index contributed by atoms with van der Waals surface area (Å²) in [5, 5.41) is 9.32. The first kappa shape index (κ1) is 21.4. The molecule has 0 aromatic heterocycles. The lowest BCUT2D eigenvalue weighted by Gasteiger charge is -2.24. The zero-order valence-corrected chi connectivity index (χ0v) is 14.6. The summed E-state index contributed by atoms with van der Waals surface area (Å²) < 4.78 is 0. The van der Waals surface area contributed by atoms with E-state index < -0.39 is 11.5 Å². The van der Waals surface area contributed by atoms with Crippen LogP contribution in [0.3, 0.4) is 0 Å². The predicted molar refractivity (Wildman–Crippen MR) is 93.9 cm³/mol. The molecule has 0 aliphatic rings. The van der Waals surface area contributed by atoms with Gasteiger partial charge in [-0.3, -0.25) is 4.79 Å². The molecule has 0 bridgehead atoms. The van der Waals surface area contributed by atoms with Crippen molar-refractivity contribution < 1.29 is 9.90 Å². The molecule has 0 saturated carbocycles. The fourth-order valence-electron chi connectivity index (χ4n) is 2.85. The Hall–Kier alpha value is -0.610. The number of carboxylic acids is 1. The minimum absolute atomic E-state index is 0.539. The minimum Gasteiger partial charge on any atom is -0.480 e. The Kier molecular flexibility index (Phi) is 13.6. The van der Waals surface area contributed by atoms with Gasteiger partial charge in [0.15, 0.2) is 0 Å². The van der Waals surface area contributed by atoms with Crippen molar-refractivity contribution in [2.75, 3.05) is 6.54 Å². The minimum atomic E-state index is -1.05. The van der Waals surface area contributed by atoms with Gasteiger partial charge in [-0.1, -0.05) is 71.1 Å². The van der Waals surface area contributed by atoms with E-state index in [0.717, 1.165) is 25.7 Å². The fraction of sp³-hybridized carbons (Fsp3) is 0.944. The molecule has 0 radical (unpaired) electrons. The highest BCUT2D eigenvalue weighted by Crippen LogP contribution is 2.20. The Labute approximate surface area is 137 Å². The van der Waals surface area contributed by atoms with Gasteiger partial charge in [0.05, 0.1) is 0 Å². The van der Waals surface area contributed by atoms with E-state index >= 15 is 0 Å². The fourth-order valence-corrected chi connectivity index (χ4v) is 2.85. The third-order valence-electron chi connectivity index (χ3n) is 4.48. The van der Waals surface area contributed by atoms with Gasteiger partial charge in [-0.15, -0.1) is 0 Å². The van der Waals surface area contributed by atoms with Crippen molar-refractivity contribution in [2.24, 2.45) is 11.5 Å². The Bertz CT molecular complexity index is 272. The molecule has 5 N–H and O–H groups in total. The van der Waals surface area contributed by atoms with Crippen LogP contribution in [0.4, 0.5) is 0 Å². The number of carbonyl (C=O) groups is 1. The second-order valence-corrected chi connectivity index (χ2v) is 6.64. The van der Waals surface area contributed by atoms with Crippen molar-refractivity contribution in [1.82, 2.24) is 0 Å². The van der Waals surface area contributed by atoms with E-state index in [4.69, 9.17) is 11.5 Å². The first-order valence-electron chi connectivity index (χ1n) is 9.29. The van der Waals surface area contributed by atoms with Gasteiger partial charge in [0.2, 0.25) is 0 Å². The Morgan fingerprint density at radius 1 is 0.818 bits per heavy atom. The number of hydrogen-bond donors (Lipinski definition) is 3.